The van der Waals surface area contributed by atoms with E-state index in [0.717, 1.165) is 16.7 Å². The molecule has 1 N–H and O–H groups in total. The molecule has 9 heteroatoms. The number of rotatable bonds is 9. The second-order valence-electron chi connectivity index (χ2n) is 10.4. The van der Waals surface area contributed by atoms with Gasteiger partial charge in [-0.1, -0.05) is 78.1 Å². The molecule has 0 aliphatic carbocycles. The van der Waals surface area contributed by atoms with Gasteiger partial charge in [0.05, 0.1) is 36.1 Å². The molecular formula is C36H31N3O5S. The van der Waals surface area contributed by atoms with Gasteiger partial charge in [-0.25, -0.2) is 4.99 Å². The number of fused-ring (bicyclic) bond motifs is 1. The fourth-order valence-corrected chi connectivity index (χ4v) is 6.29. The molecule has 0 radical (unpaired) electrons. The highest BCUT2D eigenvalue weighted by molar-refractivity contribution is 7.07. The number of methoxy groups -OCH3 is 2. The number of ether oxygens (including phenoxy) is 3. The summed E-state index contributed by atoms with van der Waals surface area (Å²) in [5.74, 6) is 1.44. The third-order valence-electron chi connectivity index (χ3n) is 7.43. The van der Waals surface area contributed by atoms with Crippen LogP contribution in [0.2, 0.25) is 0 Å². The predicted octanol–water partition coefficient (Wildman–Crippen LogP) is 5.47. The third-order valence-corrected chi connectivity index (χ3v) is 8.41. The summed E-state index contributed by atoms with van der Waals surface area (Å²) in [7, 11) is 3.17. The lowest BCUT2D eigenvalue weighted by Crippen LogP contribution is -2.40. The van der Waals surface area contributed by atoms with Crippen LogP contribution in [0.15, 0.2) is 124 Å². The maximum atomic E-state index is 14.1. The molecule has 1 atom stereocenters. The van der Waals surface area contributed by atoms with Crippen molar-refractivity contribution in [3.05, 3.63) is 151 Å². The van der Waals surface area contributed by atoms with Gasteiger partial charge in [-0.15, -0.1) is 0 Å². The molecule has 45 heavy (non-hydrogen) atoms. The fraction of sp³-hybridized carbons (Fsp3) is 0.139. The summed E-state index contributed by atoms with van der Waals surface area (Å²) < 4.78 is 19.2. The Labute approximate surface area is 264 Å². The SMILES string of the molecule is COc1cccc([C@H]2C(C(=O)Nc3ccccc3)=C(C)N=c3s/c(=C\c4ccc(OCc5ccccc5)c(OC)c4)c(=O)n32)c1. The van der Waals surface area contributed by atoms with Gasteiger partial charge in [0.2, 0.25) is 0 Å². The van der Waals surface area contributed by atoms with Crippen molar-refractivity contribution < 1.29 is 19.0 Å². The van der Waals surface area contributed by atoms with Gasteiger partial charge in [-0.3, -0.25) is 14.2 Å². The second-order valence-corrected chi connectivity index (χ2v) is 11.4. The Bertz CT molecular complexity index is 2070. The van der Waals surface area contributed by atoms with Crippen LogP contribution in [-0.2, 0) is 11.4 Å². The van der Waals surface area contributed by atoms with Crippen LogP contribution in [0, 0.1) is 0 Å². The molecular weight excluding hydrogens is 586 g/mol. The number of carbonyl (C=O) groups is 1. The monoisotopic (exact) mass is 617 g/mol. The Morgan fingerprint density at radius 2 is 1.67 bits per heavy atom. The maximum Gasteiger partial charge on any atom is 0.271 e. The summed E-state index contributed by atoms with van der Waals surface area (Å²) in [6.07, 6.45) is 1.80. The van der Waals surface area contributed by atoms with Crippen LogP contribution in [0.4, 0.5) is 5.69 Å². The van der Waals surface area contributed by atoms with Gasteiger partial charge < -0.3 is 19.5 Å². The van der Waals surface area contributed by atoms with Crippen molar-refractivity contribution in [2.24, 2.45) is 4.99 Å². The van der Waals surface area contributed by atoms with Gasteiger partial charge in [0.25, 0.3) is 11.5 Å². The summed E-state index contributed by atoms with van der Waals surface area (Å²) >= 11 is 1.27. The predicted molar refractivity (Wildman–Crippen MR) is 176 cm³/mol. The van der Waals surface area contributed by atoms with Crippen molar-refractivity contribution in [3.8, 4) is 17.2 Å². The van der Waals surface area contributed by atoms with E-state index in [1.807, 2.05) is 103 Å². The zero-order valence-corrected chi connectivity index (χ0v) is 25.8. The molecule has 4 aromatic carbocycles. The van der Waals surface area contributed by atoms with Crippen LogP contribution in [0.1, 0.15) is 29.7 Å². The van der Waals surface area contributed by atoms with E-state index in [1.54, 1.807) is 31.8 Å². The molecule has 8 nitrogen and oxygen atoms in total. The lowest BCUT2D eigenvalue weighted by molar-refractivity contribution is -0.113. The third kappa shape index (κ3) is 6.30. The minimum atomic E-state index is -0.717. The van der Waals surface area contributed by atoms with Crippen molar-refractivity contribution in [3.63, 3.8) is 0 Å². The summed E-state index contributed by atoms with van der Waals surface area (Å²) in [5, 5.41) is 2.97. The van der Waals surface area contributed by atoms with Crippen molar-refractivity contribution in [2.45, 2.75) is 19.6 Å². The van der Waals surface area contributed by atoms with Crippen LogP contribution < -0.4 is 34.4 Å². The largest absolute Gasteiger partial charge is 0.497 e. The first kappa shape index (κ1) is 29.7. The van der Waals surface area contributed by atoms with Crippen LogP contribution >= 0.6 is 11.3 Å². The summed E-state index contributed by atoms with van der Waals surface area (Å²) in [6, 6.07) is 31.3. The number of hydrogen-bond donors (Lipinski definition) is 1. The number of hydrogen-bond acceptors (Lipinski definition) is 7. The number of amides is 1. The van der Waals surface area contributed by atoms with Crippen molar-refractivity contribution in [1.82, 2.24) is 4.57 Å². The van der Waals surface area contributed by atoms with Gasteiger partial charge in [0, 0.05) is 5.69 Å². The van der Waals surface area contributed by atoms with Crippen LogP contribution in [0.5, 0.6) is 17.2 Å². The van der Waals surface area contributed by atoms with Gasteiger partial charge >= 0.3 is 0 Å². The Morgan fingerprint density at radius 3 is 2.40 bits per heavy atom. The fourth-order valence-electron chi connectivity index (χ4n) is 5.24. The molecule has 2 heterocycles. The standard InChI is InChI=1S/C36H31N3O5S/c1-23-32(34(40)38-27-14-8-5-9-15-27)33(26-13-10-16-28(21-26)42-2)39-35(41)31(45-36(39)37-23)20-25-17-18-29(30(19-25)43-3)44-22-24-11-6-4-7-12-24/h4-21,33H,22H2,1-3H3,(H,38,40)/b31-20-/t33-/m0/s1. The molecule has 0 saturated heterocycles. The van der Waals surface area contributed by atoms with E-state index in [4.69, 9.17) is 19.2 Å². The topological polar surface area (TPSA) is 91.2 Å². The number of nitrogens with zero attached hydrogens (tertiary/aromatic N) is 2. The normalized spacial score (nSPS) is 14.4. The first-order chi connectivity index (χ1) is 21.9. The van der Waals surface area contributed by atoms with Crippen molar-refractivity contribution in [2.75, 3.05) is 19.5 Å². The average Bonchev–Trinajstić information content (AvgIpc) is 3.37. The van der Waals surface area contributed by atoms with Gasteiger partial charge in [-0.05, 0) is 66.1 Å². The van der Waals surface area contributed by atoms with Crippen molar-refractivity contribution >= 4 is 29.0 Å². The molecule has 0 unspecified atom stereocenters. The first-order valence-corrected chi connectivity index (χ1v) is 15.1. The van der Waals surface area contributed by atoms with E-state index >= 15 is 0 Å². The van der Waals surface area contributed by atoms with Crippen LogP contribution in [0.3, 0.4) is 0 Å². The molecule has 1 aliphatic heterocycles. The minimum absolute atomic E-state index is 0.257. The van der Waals surface area contributed by atoms with E-state index in [0.29, 0.717) is 50.1 Å². The Hall–Kier alpha value is -5.41. The van der Waals surface area contributed by atoms with E-state index in [2.05, 4.69) is 5.32 Å². The molecule has 0 saturated carbocycles. The number of carbonyl (C=O) groups excluding carboxylic acids is 1. The Balaban J connectivity index is 1.40. The van der Waals surface area contributed by atoms with E-state index in [-0.39, 0.29) is 11.5 Å². The summed E-state index contributed by atoms with van der Waals surface area (Å²) in [4.78, 5) is 33.1. The van der Waals surface area contributed by atoms with Gasteiger partial charge in [-0.2, -0.15) is 0 Å². The lowest BCUT2D eigenvalue weighted by atomic mass is 9.95. The number of allylic oxidation sites excluding steroid dienone is 1. The second kappa shape index (κ2) is 13.1. The smallest absolute Gasteiger partial charge is 0.271 e. The van der Waals surface area contributed by atoms with Crippen molar-refractivity contribution in [1.29, 1.82) is 0 Å². The highest BCUT2D eigenvalue weighted by Gasteiger charge is 2.32. The zero-order chi connectivity index (χ0) is 31.3. The number of thiazole rings is 1. The number of anilines is 1. The van der Waals surface area contributed by atoms with E-state index in [9.17, 15) is 9.59 Å². The van der Waals surface area contributed by atoms with E-state index < -0.39 is 6.04 Å². The molecule has 226 valence electrons. The molecule has 5 aromatic rings. The first-order valence-electron chi connectivity index (χ1n) is 14.3. The number of aromatic nitrogens is 1. The van der Waals surface area contributed by atoms with Gasteiger partial charge in [0.1, 0.15) is 12.4 Å². The number of para-hydroxylation sites is 1. The molecule has 0 spiro atoms. The summed E-state index contributed by atoms with van der Waals surface area (Å²) in [5.41, 5.74) is 3.85. The quantitative estimate of drug-likeness (QED) is 0.237. The molecule has 0 bridgehead atoms. The Morgan fingerprint density at radius 1 is 0.911 bits per heavy atom. The summed E-state index contributed by atoms with van der Waals surface area (Å²) in [6.45, 7) is 2.20. The molecule has 0 fully saturated rings. The molecule has 1 aliphatic rings. The average molecular weight is 618 g/mol. The van der Waals surface area contributed by atoms with Gasteiger partial charge in [0.15, 0.2) is 16.3 Å². The zero-order valence-electron chi connectivity index (χ0n) is 25.0. The van der Waals surface area contributed by atoms with Crippen LogP contribution in [-0.4, -0.2) is 24.7 Å². The molecule has 1 amide bonds. The minimum Gasteiger partial charge on any atom is -0.497 e. The highest BCUT2D eigenvalue weighted by Crippen LogP contribution is 2.33. The molecule has 6 rings (SSSR count). The maximum absolute atomic E-state index is 14.1. The number of nitrogens with one attached hydrogen (secondary N) is 1. The number of benzene rings is 4. The van der Waals surface area contributed by atoms with Crippen LogP contribution in [0.25, 0.3) is 6.08 Å². The Kier molecular flexibility index (Phi) is 8.61. The lowest BCUT2D eigenvalue weighted by Gasteiger charge is -2.25. The highest BCUT2D eigenvalue weighted by atomic mass is 32.1. The molecule has 1 aromatic heterocycles. The van der Waals surface area contributed by atoms with E-state index in [1.165, 1.54) is 11.3 Å².